The minimum absolute atomic E-state index is 0.0520. The highest BCUT2D eigenvalue weighted by molar-refractivity contribution is 5.69. The first-order valence-corrected chi connectivity index (χ1v) is 7.17. The Bertz CT molecular complexity index is 377. The quantitative estimate of drug-likeness (QED) is 0.680. The first kappa shape index (κ1) is 16.7. The largest absolute Gasteiger partial charge is 0.466 e. The number of rotatable bonds is 9. The second-order valence-corrected chi connectivity index (χ2v) is 4.93. The monoisotopic (exact) mass is 280 g/mol. The summed E-state index contributed by atoms with van der Waals surface area (Å²) in [5, 5.41) is 19.5. The second kappa shape index (κ2) is 9.50. The van der Waals surface area contributed by atoms with Crippen molar-refractivity contribution in [3.8, 4) is 0 Å². The maximum Gasteiger partial charge on any atom is 0.308 e. The van der Waals surface area contributed by atoms with Crippen LogP contribution in [-0.4, -0.2) is 35.0 Å². The molecule has 0 aromatic heterocycles. The minimum atomic E-state index is -0.833. The fourth-order valence-electron chi connectivity index (χ4n) is 2.11. The Balaban J connectivity index is 2.16. The molecule has 0 amide bonds. The number of hydrogen-bond donors (Lipinski definition) is 2. The number of aliphatic hydroxyl groups is 2. The lowest BCUT2D eigenvalue weighted by Crippen LogP contribution is -2.22. The van der Waals surface area contributed by atoms with Gasteiger partial charge in [-0.3, -0.25) is 4.79 Å². The Morgan fingerprint density at radius 3 is 2.55 bits per heavy atom. The Labute approximate surface area is 120 Å². The van der Waals surface area contributed by atoms with Gasteiger partial charge in [-0.1, -0.05) is 30.3 Å². The molecule has 0 radical (unpaired) electrons. The zero-order valence-corrected chi connectivity index (χ0v) is 12.0. The van der Waals surface area contributed by atoms with Crippen LogP contribution in [0.15, 0.2) is 30.3 Å². The van der Waals surface area contributed by atoms with Crippen molar-refractivity contribution in [2.45, 2.75) is 51.2 Å². The van der Waals surface area contributed by atoms with E-state index in [0.29, 0.717) is 13.0 Å². The molecule has 0 aliphatic heterocycles. The second-order valence-electron chi connectivity index (χ2n) is 4.93. The number of carbonyl (C=O) groups is 1. The normalized spacial score (nSPS) is 13.8. The van der Waals surface area contributed by atoms with Crippen LogP contribution in [0.3, 0.4) is 0 Å². The molecule has 0 aliphatic rings. The van der Waals surface area contributed by atoms with Gasteiger partial charge in [0.25, 0.3) is 0 Å². The van der Waals surface area contributed by atoms with E-state index in [0.717, 1.165) is 12.8 Å². The summed E-state index contributed by atoms with van der Waals surface area (Å²) in [5.41, 5.74) is 1.24. The van der Waals surface area contributed by atoms with Gasteiger partial charge in [0.05, 0.1) is 25.2 Å². The summed E-state index contributed by atoms with van der Waals surface area (Å²) in [6.45, 7) is 2.04. The summed E-state index contributed by atoms with van der Waals surface area (Å²) in [7, 11) is 0. The highest BCUT2D eigenvalue weighted by atomic mass is 16.5. The van der Waals surface area contributed by atoms with E-state index in [2.05, 4.69) is 12.1 Å². The van der Waals surface area contributed by atoms with Crippen LogP contribution < -0.4 is 0 Å². The molecule has 2 atom stereocenters. The van der Waals surface area contributed by atoms with E-state index in [4.69, 9.17) is 4.74 Å². The van der Waals surface area contributed by atoms with Crippen LogP contribution in [0.4, 0.5) is 0 Å². The number of aryl methyl sites for hydroxylation is 1. The van der Waals surface area contributed by atoms with Crippen LogP contribution >= 0.6 is 0 Å². The molecule has 4 heteroatoms. The van der Waals surface area contributed by atoms with Gasteiger partial charge in [0, 0.05) is 0 Å². The molecule has 2 N–H and O–H groups in total. The number of carbonyl (C=O) groups excluding carboxylic acids is 1. The summed E-state index contributed by atoms with van der Waals surface area (Å²) in [6.07, 6.45) is 1.14. The first-order valence-electron chi connectivity index (χ1n) is 7.17. The van der Waals surface area contributed by atoms with Gasteiger partial charge in [0.15, 0.2) is 0 Å². The maximum absolute atomic E-state index is 11.2. The summed E-state index contributed by atoms with van der Waals surface area (Å²) >= 11 is 0. The van der Waals surface area contributed by atoms with Gasteiger partial charge >= 0.3 is 5.97 Å². The van der Waals surface area contributed by atoms with Crippen LogP contribution in [0, 0.1) is 0 Å². The molecule has 0 saturated heterocycles. The number of ether oxygens (including phenoxy) is 1. The predicted molar refractivity (Wildman–Crippen MR) is 77.3 cm³/mol. The highest BCUT2D eigenvalue weighted by Gasteiger charge is 2.16. The van der Waals surface area contributed by atoms with E-state index in [-0.39, 0.29) is 12.8 Å². The third-order valence-corrected chi connectivity index (χ3v) is 3.10. The molecular formula is C16H24O4. The van der Waals surface area contributed by atoms with E-state index in [1.54, 1.807) is 6.92 Å². The zero-order valence-electron chi connectivity index (χ0n) is 12.0. The summed E-state index contributed by atoms with van der Waals surface area (Å²) in [5.74, 6) is -0.420. The highest BCUT2D eigenvalue weighted by Crippen LogP contribution is 2.11. The molecule has 0 bridgehead atoms. The smallest absolute Gasteiger partial charge is 0.308 e. The van der Waals surface area contributed by atoms with E-state index in [1.165, 1.54) is 5.56 Å². The van der Waals surface area contributed by atoms with Crippen molar-refractivity contribution in [1.29, 1.82) is 0 Å². The van der Waals surface area contributed by atoms with Crippen LogP contribution in [0.25, 0.3) is 0 Å². The molecule has 0 spiro atoms. The van der Waals surface area contributed by atoms with Gasteiger partial charge < -0.3 is 14.9 Å². The number of hydrogen-bond acceptors (Lipinski definition) is 4. The van der Waals surface area contributed by atoms with Gasteiger partial charge in [0.1, 0.15) is 0 Å². The molecule has 112 valence electrons. The van der Waals surface area contributed by atoms with Crippen molar-refractivity contribution in [3.05, 3.63) is 35.9 Å². The van der Waals surface area contributed by atoms with Gasteiger partial charge in [-0.15, -0.1) is 0 Å². The number of benzene rings is 1. The Morgan fingerprint density at radius 1 is 1.20 bits per heavy atom. The molecule has 4 nitrogen and oxygen atoms in total. The Kier molecular flexibility index (Phi) is 7.92. The van der Waals surface area contributed by atoms with E-state index in [9.17, 15) is 15.0 Å². The summed E-state index contributed by atoms with van der Waals surface area (Å²) < 4.78 is 4.75. The van der Waals surface area contributed by atoms with Crippen molar-refractivity contribution in [3.63, 3.8) is 0 Å². The molecule has 0 saturated carbocycles. The molecular weight excluding hydrogens is 256 g/mol. The Morgan fingerprint density at radius 2 is 1.90 bits per heavy atom. The van der Waals surface area contributed by atoms with Crippen molar-refractivity contribution >= 4 is 5.97 Å². The van der Waals surface area contributed by atoms with Gasteiger partial charge in [-0.2, -0.15) is 0 Å². The molecule has 0 fully saturated rings. The van der Waals surface area contributed by atoms with Gasteiger partial charge in [-0.25, -0.2) is 0 Å². The van der Waals surface area contributed by atoms with Crippen LogP contribution in [0.2, 0.25) is 0 Å². The standard InChI is InChI=1S/C16H24O4/c1-2-20-16(19)12-15(18)11-14(17)10-6-9-13-7-4-3-5-8-13/h3-5,7-8,14-15,17-18H,2,6,9-12H2,1H3/t14-,15-/m1/s1. The van der Waals surface area contributed by atoms with Crippen LogP contribution in [0.5, 0.6) is 0 Å². The number of esters is 1. The molecule has 0 aliphatic carbocycles. The SMILES string of the molecule is CCOC(=O)C[C@H](O)C[C@H](O)CCCc1ccccc1. The van der Waals surface area contributed by atoms with Crippen LogP contribution in [0.1, 0.15) is 38.2 Å². The maximum atomic E-state index is 11.2. The molecule has 1 aromatic carbocycles. The molecule has 0 unspecified atom stereocenters. The molecule has 1 aromatic rings. The third kappa shape index (κ3) is 7.26. The zero-order chi connectivity index (χ0) is 14.8. The minimum Gasteiger partial charge on any atom is -0.466 e. The van der Waals surface area contributed by atoms with Crippen molar-refractivity contribution < 1.29 is 19.7 Å². The van der Waals surface area contributed by atoms with E-state index in [1.807, 2.05) is 18.2 Å². The van der Waals surface area contributed by atoms with E-state index >= 15 is 0 Å². The average molecular weight is 280 g/mol. The third-order valence-electron chi connectivity index (χ3n) is 3.10. The molecule has 0 heterocycles. The summed E-state index contributed by atoms with van der Waals surface area (Å²) in [4.78, 5) is 11.2. The summed E-state index contributed by atoms with van der Waals surface area (Å²) in [6, 6.07) is 10.1. The topological polar surface area (TPSA) is 66.8 Å². The van der Waals surface area contributed by atoms with E-state index < -0.39 is 18.2 Å². The molecule has 20 heavy (non-hydrogen) atoms. The van der Waals surface area contributed by atoms with Gasteiger partial charge in [-0.05, 0) is 38.2 Å². The fourth-order valence-corrected chi connectivity index (χ4v) is 2.11. The average Bonchev–Trinajstić information content (AvgIpc) is 2.39. The van der Waals surface area contributed by atoms with Crippen molar-refractivity contribution in [1.82, 2.24) is 0 Å². The molecule has 1 rings (SSSR count). The lowest BCUT2D eigenvalue weighted by Gasteiger charge is -2.15. The number of aliphatic hydroxyl groups excluding tert-OH is 2. The Hall–Kier alpha value is -1.39. The van der Waals surface area contributed by atoms with Gasteiger partial charge in [0.2, 0.25) is 0 Å². The predicted octanol–water partition coefficient (Wildman–Crippen LogP) is 2.07. The van der Waals surface area contributed by atoms with Crippen LogP contribution in [-0.2, 0) is 16.0 Å². The lowest BCUT2D eigenvalue weighted by molar-refractivity contribution is -0.145. The first-order chi connectivity index (χ1) is 9.61. The van der Waals surface area contributed by atoms with Crippen molar-refractivity contribution in [2.75, 3.05) is 6.61 Å². The van der Waals surface area contributed by atoms with Crippen molar-refractivity contribution in [2.24, 2.45) is 0 Å². The fraction of sp³-hybridized carbons (Fsp3) is 0.562. The lowest BCUT2D eigenvalue weighted by atomic mass is 10.0.